The Morgan fingerprint density at radius 3 is 2.95 bits per heavy atom. The second-order valence-corrected chi connectivity index (χ2v) is 4.85. The van der Waals surface area contributed by atoms with Crippen LogP contribution < -0.4 is 5.32 Å². The molecule has 0 aliphatic rings. The molecule has 1 N–H and O–H groups in total. The molecular formula is C16H18N4. The average molecular weight is 266 g/mol. The maximum absolute atomic E-state index is 4.63. The Morgan fingerprint density at radius 1 is 1.20 bits per heavy atom. The zero-order valence-corrected chi connectivity index (χ0v) is 11.8. The van der Waals surface area contributed by atoms with E-state index in [4.69, 9.17) is 0 Å². The topological polar surface area (TPSA) is 42.7 Å². The maximum Gasteiger partial charge on any atom is 0.0948 e. The van der Waals surface area contributed by atoms with Gasteiger partial charge in [0, 0.05) is 23.8 Å². The first-order chi connectivity index (χ1) is 9.78. The van der Waals surface area contributed by atoms with Crippen LogP contribution in [0.4, 0.5) is 5.69 Å². The molecule has 0 saturated heterocycles. The standard InChI is InChI=1S/C16H18N4/c1-3-20-11-17-9-14(20)10-18-15-6-4-5-13-8-7-12(2)19-16(13)15/h4-9,11,18H,3,10H2,1-2H3. The Morgan fingerprint density at radius 2 is 2.10 bits per heavy atom. The molecule has 0 amide bonds. The van der Waals surface area contributed by atoms with E-state index in [0.29, 0.717) is 0 Å². The summed E-state index contributed by atoms with van der Waals surface area (Å²) in [5.41, 5.74) is 4.30. The first-order valence-corrected chi connectivity index (χ1v) is 6.87. The number of anilines is 1. The number of nitrogens with one attached hydrogen (secondary N) is 1. The molecule has 2 heterocycles. The van der Waals surface area contributed by atoms with Gasteiger partial charge in [-0.1, -0.05) is 18.2 Å². The van der Waals surface area contributed by atoms with E-state index < -0.39 is 0 Å². The Kier molecular flexibility index (Phi) is 3.37. The summed E-state index contributed by atoms with van der Waals surface area (Å²) in [7, 11) is 0. The lowest BCUT2D eigenvalue weighted by Gasteiger charge is -2.10. The summed E-state index contributed by atoms with van der Waals surface area (Å²) in [5.74, 6) is 0. The van der Waals surface area contributed by atoms with E-state index in [2.05, 4.69) is 51.0 Å². The SMILES string of the molecule is CCn1cncc1CNc1cccc2ccc(C)nc12. The van der Waals surface area contributed by atoms with Crippen LogP contribution in [0, 0.1) is 6.92 Å². The highest BCUT2D eigenvalue weighted by Gasteiger charge is 2.04. The first-order valence-electron chi connectivity index (χ1n) is 6.87. The normalized spacial score (nSPS) is 10.9. The van der Waals surface area contributed by atoms with Crippen molar-refractivity contribution in [2.24, 2.45) is 0 Å². The van der Waals surface area contributed by atoms with Gasteiger partial charge in [0.15, 0.2) is 0 Å². The van der Waals surface area contributed by atoms with Crippen LogP contribution in [0.2, 0.25) is 0 Å². The molecule has 3 aromatic rings. The van der Waals surface area contributed by atoms with Crippen molar-refractivity contribution >= 4 is 16.6 Å². The molecule has 3 rings (SSSR count). The Bertz CT molecular complexity index is 730. The van der Waals surface area contributed by atoms with Gasteiger partial charge < -0.3 is 9.88 Å². The number of pyridine rings is 1. The van der Waals surface area contributed by atoms with Crippen LogP contribution in [0.1, 0.15) is 18.3 Å². The highest BCUT2D eigenvalue weighted by molar-refractivity contribution is 5.90. The molecule has 0 bridgehead atoms. The van der Waals surface area contributed by atoms with E-state index in [9.17, 15) is 0 Å². The van der Waals surface area contributed by atoms with Crippen LogP contribution >= 0.6 is 0 Å². The van der Waals surface area contributed by atoms with Crippen LogP contribution in [0.5, 0.6) is 0 Å². The zero-order chi connectivity index (χ0) is 13.9. The van der Waals surface area contributed by atoms with E-state index >= 15 is 0 Å². The Hall–Kier alpha value is -2.36. The van der Waals surface area contributed by atoms with Crippen molar-refractivity contribution in [3.63, 3.8) is 0 Å². The zero-order valence-electron chi connectivity index (χ0n) is 11.8. The molecule has 0 radical (unpaired) electrons. The quantitative estimate of drug-likeness (QED) is 0.787. The summed E-state index contributed by atoms with van der Waals surface area (Å²) in [6, 6.07) is 10.4. The van der Waals surface area contributed by atoms with Gasteiger partial charge in [0.05, 0.1) is 29.8 Å². The van der Waals surface area contributed by atoms with Gasteiger partial charge in [-0.3, -0.25) is 4.98 Å². The highest BCUT2D eigenvalue weighted by Crippen LogP contribution is 2.22. The van der Waals surface area contributed by atoms with Crippen molar-refractivity contribution in [3.05, 3.63) is 54.2 Å². The first kappa shape index (κ1) is 12.7. The maximum atomic E-state index is 4.63. The summed E-state index contributed by atoms with van der Waals surface area (Å²) >= 11 is 0. The molecule has 0 aliphatic carbocycles. The molecule has 0 atom stereocenters. The minimum atomic E-state index is 0.753. The van der Waals surface area contributed by atoms with Crippen molar-refractivity contribution in [1.29, 1.82) is 0 Å². The second-order valence-electron chi connectivity index (χ2n) is 4.85. The number of aromatic nitrogens is 3. The summed E-state index contributed by atoms with van der Waals surface area (Å²) in [6.07, 6.45) is 3.77. The van der Waals surface area contributed by atoms with Crippen molar-refractivity contribution in [2.45, 2.75) is 26.9 Å². The third-order valence-corrected chi connectivity index (χ3v) is 3.46. The predicted molar refractivity (Wildman–Crippen MR) is 81.7 cm³/mol. The van der Waals surface area contributed by atoms with Gasteiger partial charge in [-0.15, -0.1) is 0 Å². The fraction of sp³-hybridized carbons (Fsp3) is 0.250. The van der Waals surface area contributed by atoms with Crippen molar-refractivity contribution in [3.8, 4) is 0 Å². The third-order valence-electron chi connectivity index (χ3n) is 3.46. The summed E-state index contributed by atoms with van der Waals surface area (Å²) in [4.78, 5) is 8.82. The number of nitrogens with zero attached hydrogens (tertiary/aromatic N) is 3. The van der Waals surface area contributed by atoms with Crippen molar-refractivity contribution < 1.29 is 0 Å². The average Bonchev–Trinajstić information content (AvgIpc) is 2.92. The third kappa shape index (κ3) is 2.37. The molecule has 4 nitrogen and oxygen atoms in total. The van der Waals surface area contributed by atoms with E-state index in [0.717, 1.165) is 35.4 Å². The molecular weight excluding hydrogens is 248 g/mol. The number of fused-ring (bicyclic) bond motifs is 1. The van der Waals surface area contributed by atoms with Crippen LogP contribution in [-0.4, -0.2) is 14.5 Å². The lowest BCUT2D eigenvalue weighted by atomic mass is 10.1. The number of rotatable bonds is 4. The molecule has 20 heavy (non-hydrogen) atoms. The summed E-state index contributed by atoms with van der Waals surface area (Å²) < 4.78 is 2.14. The predicted octanol–water partition coefficient (Wildman–Crippen LogP) is 3.37. The van der Waals surface area contributed by atoms with Gasteiger partial charge in [-0.2, -0.15) is 0 Å². The number of benzene rings is 1. The van der Waals surface area contributed by atoms with Crippen LogP contribution in [0.3, 0.4) is 0 Å². The highest BCUT2D eigenvalue weighted by atomic mass is 15.1. The van der Waals surface area contributed by atoms with Crippen molar-refractivity contribution in [1.82, 2.24) is 14.5 Å². The molecule has 4 heteroatoms. The van der Waals surface area contributed by atoms with Gasteiger partial charge in [0.1, 0.15) is 0 Å². The smallest absolute Gasteiger partial charge is 0.0948 e. The summed E-state index contributed by atoms with van der Waals surface area (Å²) in [6.45, 7) is 5.82. The van der Waals surface area contributed by atoms with E-state index in [1.54, 1.807) is 0 Å². The van der Waals surface area contributed by atoms with Gasteiger partial charge in [0.25, 0.3) is 0 Å². The van der Waals surface area contributed by atoms with Crippen LogP contribution in [-0.2, 0) is 13.1 Å². The minimum absolute atomic E-state index is 0.753. The van der Waals surface area contributed by atoms with Crippen LogP contribution in [0.25, 0.3) is 10.9 Å². The Labute approximate surface area is 118 Å². The number of para-hydroxylation sites is 1. The minimum Gasteiger partial charge on any atom is -0.378 e. The Balaban J connectivity index is 1.89. The lowest BCUT2D eigenvalue weighted by molar-refractivity contribution is 0.720. The van der Waals surface area contributed by atoms with E-state index in [1.807, 2.05) is 25.5 Å². The van der Waals surface area contributed by atoms with E-state index in [1.165, 1.54) is 5.69 Å². The molecule has 2 aromatic heterocycles. The van der Waals surface area contributed by atoms with Gasteiger partial charge in [0.2, 0.25) is 0 Å². The van der Waals surface area contributed by atoms with Gasteiger partial charge in [-0.25, -0.2) is 4.98 Å². The van der Waals surface area contributed by atoms with Crippen LogP contribution in [0.15, 0.2) is 42.9 Å². The number of imidazole rings is 1. The monoisotopic (exact) mass is 266 g/mol. The number of aryl methyl sites for hydroxylation is 2. The molecule has 0 aliphatic heterocycles. The molecule has 0 fully saturated rings. The molecule has 102 valence electrons. The fourth-order valence-corrected chi connectivity index (χ4v) is 2.35. The summed E-state index contributed by atoms with van der Waals surface area (Å²) in [5, 5.41) is 4.63. The lowest BCUT2D eigenvalue weighted by Crippen LogP contribution is -2.06. The molecule has 0 saturated carbocycles. The fourth-order valence-electron chi connectivity index (χ4n) is 2.35. The number of hydrogen-bond donors (Lipinski definition) is 1. The molecule has 0 unspecified atom stereocenters. The molecule has 0 spiro atoms. The van der Waals surface area contributed by atoms with Crippen molar-refractivity contribution in [2.75, 3.05) is 5.32 Å². The van der Waals surface area contributed by atoms with E-state index in [-0.39, 0.29) is 0 Å². The number of hydrogen-bond acceptors (Lipinski definition) is 3. The molecule has 1 aromatic carbocycles. The largest absolute Gasteiger partial charge is 0.378 e. The second kappa shape index (κ2) is 5.33. The van der Waals surface area contributed by atoms with Gasteiger partial charge in [-0.05, 0) is 26.0 Å². The van der Waals surface area contributed by atoms with Gasteiger partial charge >= 0.3 is 0 Å².